The van der Waals surface area contributed by atoms with E-state index in [1.165, 1.54) is 11.3 Å². The third-order valence-electron chi connectivity index (χ3n) is 3.77. The Morgan fingerprint density at radius 2 is 2.16 bits per heavy atom. The number of benzene rings is 1. The number of nitrogens with zero attached hydrogens (tertiary/aromatic N) is 1. The van der Waals surface area contributed by atoms with Gasteiger partial charge in [0.2, 0.25) is 0 Å². The number of carbonyl (C=O) groups is 1. The van der Waals surface area contributed by atoms with Crippen LogP contribution in [0.1, 0.15) is 35.2 Å². The van der Waals surface area contributed by atoms with Gasteiger partial charge in [-0.1, -0.05) is 0 Å². The average molecular weight is 356 g/mol. The van der Waals surface area contributed by atoms with Crippen LogP contribution in [0.15, 0.2) is 58.0 Å². The Bertz CT molecular complexity index is 768. The molecule has 1 atom stereocenters. The smallest absolute Gasteiger partial charge is 0.251 e. The molecule has 0 aliphatic heterocycles. The summed E-state index contributed by atoms with van der Waals surface area (Å²) in [7, 11) is 0. The first-order valence-corrected chi connectivity index (χ1v) is 9.08. The highest BCUT2D eigenvalue weighted by atomic mass is 32.1. The predicted molar refractivity (Wildman–Crippen MR) is 96.8 cm³/mol. The quantitative estimate of drug-likeness (QED) is 0.661. The first-order chi connectivity index (χ1) is 12.2. The molecular weight excluding hydrogens is 336 g/mol. The van der Waals surface area contributed by atoms with Crippen molar-refractivity contribution in [3.8, 4) is 5.75 Å². The standard InChI is InChI=1S/C19H20N2O3S/c1-14(4-7-17-3-2-10-23-17)21-19(22)15-5-8-18(9-6-15)24-11-16-12-25-13-20-16/h2-3,5-6,8-10,12-14H,4,7,11H2,1H3,(H,21,22). The lowest BCUT2D eigenvalue weighted by Crippen LogP contribution is -2.32. The van der Waals surface area contributed by atoms with Gasteiger partial charge in [0.15, 0.2) is 0 Å². The normalized spacial score (nSPS) is 11.9. The molecule has 1 unspecified atom stereocenters. The van der Waals surface area contributed by atoms with E-state index >= 15 is 0 Å². The number of aryl methyl sites for hydroxylation is 1. The van der Waals surface area contributed by atoms with Crippen molar-refractivity contribution in [3.63, 3.8) is 0 Å². The maximum atomic E-state index is 12.3. The van der Waals surface area contributed by atoms with Gasteiger partial charge in [-0.25, -0.2) is 4.98 Å². The molecule has 5 nitrogen and oxygen atoms in total. The van der Waals surface area contributed by atoms with Crippen molar-refractivity contribution in [2.24, 2.45) is 0 Å². The number of rotatable bonds is 8. The Hall–Kier alpha value is -2.60. The van der Waals surface area contributed by atoms with Gasteiger partial charge in [0.25, 0.3) is 5.91 Å². The van der Waals surface area contributed by atoms with Crippen LogP contribution in [0.3, 0.4) is 0 Å². The molecule has 25 heavy (non-hydrogen) atoms. The molecule has 1 N–H and O–H groups in total. The van der Waals surface area contributed by atoms with Crippen LogP contribution in [-0.4, -0.2) is 16.9 Å². The van der Waals surface area contributed by atoms with Gasteiger partial charge in [-0.15, -0.1) is 11.3 Å². The van der Waals surface area contributed by atoms with Crippen LogP contribution in [-0.2, 0) is 13.0 Å². The fraction of sp³-hybridized carbons (Fsp3) is 0.263. The van der Waals surface area contributed by atoms with Gasteiger partial charge in [-0.2, -0.15) is 0 Å². The second kappa shape index (κ2) is 8.48. The van der Waals surface area contributed by atoms with E-state index in [2.05, 4.69) is 10.3 Å². The Kier molecular flexibility index (Phi) is 5.85. The third kappa shape index (κ3) is 5.19. The first kappa shape index (κ1) is 17.2. The lowest BCUT2D eigenvalue weighted by Gasteiger charge is -2.13. The summed E-state index contributed by atoms with van der Waals surface area (Å²) in [4.78, 5) is 16.5. The Morgan fingerprint density at radius 1 is 1.32 bits per heavy atom. The van der Waals surface area contributed by atoms with Gasteiger partial charge >= 0.3 is 0 Å². The zero-order chi connectivity index (χ0) is 17.5. The summed E-state index contributed by atoms with van der Waals surface area (Å²) in [6.07, 6.45) is 3.29. The number of amides is 1. The van der Waals surface area contributed by atoms with Crippen molar-refractivity contribution >= 4 is 17.2 Å². The second-order valence-corrected chi connectivity index (χ2v) is 6.50. The minimum absolute atomic E-state index is 0.0678. The molecule has 2 heterocycles. The van der Waals surface area contributed by atoms with Crippen molar-refractivity contribution in [1.29, 1.82) is 0 Å². The lowest BCUT2D eigenvalue weighted by molar-refractivity contribution is 0.0938. The molecule has 0 saturated heterocycles. The summed E-state index contributed by atoms with van der Waals surface area (Å²) in [5, 5.41) is 4.95. The Morgan fingerprint density at radius 3 is 2.84 bits per heavy atom. The summed E-state index contributed by atoms with van der Waals surface area (Å²) in [6, 6.07) is 11.0. The van der Waals surface area contributed by atoms with E-state index in [0.717, 1.165) is 30.0 Å². The van der Waals surface area contributed by atoms with Gasteiger partial charge in [-0.3, -0.25) is 4.79 Å². The fourth-order valence-electron chi connectivity index (χ4n) is 2.36. The van der Waals surface area contributed by atoms with E-state index in [9.17, 15) is 4.79 Å². The molecule has 3 rings (SSSR count). The summed E-state index contributed by atoms with van der Waals surface area (Å²) in [5.74, 6) is 1.57. The maximum Gasteiger partial charge on any atom is 0.251 e. The third-order valence-corrected chi connectivity index (χ3v) is 4.40. The van der Waals surface area contributed by atoms with Gasteiger partial charge in [-0.05, 0) is 49.7 Å². The Labute approximate surface area is 150 Å². The highest BCUT2D eigenvalue weighted by molar-refractivity contribution is 7.07. The number of ether oxygens (including phenoxy) is 1. The number of nitrogens with one attached hydrogen (secondary N) is 1. The van der Waals surface area contributed by atoms with E-state index < -0.39 is 0 Å². The molecule has 0 saturated carbocycles. The monoisotopic (exact) mass is 356 g/mol. The van der Waals surface area contributed by atoms with E-state index in [4.69, 9.17) is 9.15 Å². The molecule has 0 fully saturated rings. The number of hydrogen-bond donors (Lipinski definition) is 1. The van der Waals surface area contributed by atoms with Gasteiger partial charge < -0.3 is 14.5 Å². The van der Waals surface area contributed by atoms with Crippen molar-refractivity contribution in [2.75, 3.05) is 0 Å². The van der Waals surface area contributed by atoms with Crippen molar-refractivity contribution in [3.05, 3.63) is 70.6 Å². The molecule has 130 valence electrons. The van der Waals surface area contributed by atoms with Crippen LogP contribution in [0.25, 0.3) is 0 Å². The van der Waals surface area contributed by atoms with Crippen molar-refractivity contribution in [2.45, 2.75) is 32.4 Å². The molecule has 0 bridgehead atoms. The van der Waals surface area contributed by atoms with Crippen molar-refractivity contribution < 1.29 is 13.9 Å². The molecule has 3 aromatic rings. The summed E-state index contributed by atoms with van der Waals surface area (Å²) < 4.78 is 11.0. The van der Waals surface area contributed by atoms with Crippen LogP contribution < -0.4 is 10.1 Å². The molecule has 1 aromatic carbocycles. The fourth-order valence-corrected chi connectivity index (χ4v) is 2.90. The molecule has 0 aliphatic rings. The molecule has 1 amide bonds. The lowest BCUT2D eigenvalue weighted by atomic mass is 10.1. The summed E-state index contributed by atoms with van der Waals surface area (Å²) in [6.45, 7) is 2.42. The highest BCUT2D eigenvalue weighted by Gasteiger charge is 2.11. The van der Waals surface area contributed by atoms with Crippen LogP contribution in [0.4, 0.5) is 0 Å². The minimum Gasteiger partial charge on any atom is -0.487 e. The van der Waals surface area contributed by atoms with Gasteiger partial charge in [0.1, 0.15) is 18.1 Å². The van der Waals surface area contributed by atoms with Gasteiger partial charge in [0, 0.05) is 23.4 Å². The number of thiazole rings is 1. The number of hydrogen-bond acceptors (Lipinski definition) is 5. The molecule has 2 aromatic heterocycles. The van der Waals surface area contributed by atoms with Crippen LogP contribution in [0.5, 0.6) is 5.75 Å². The van der Waals surface area contributed by atoms with E-state index in [1.54, 1.807) is 36.0 Å². The zero-order valence-corrected chi connectivity index (χ0v) is 14.8. The second-order valence-electron chi connectivity index (χ2n) is 5.79. The van der Waals surface area contributed by atoms with Crippen LogP contribution in [0.2, 0.25) is 0 Å². The van der Waals surface area contributed by atoms with Gasteiger partial charge in [0.05, 0.1) is 17.5 Å². The number of carbonyl (C=O) groups excluding carboxylic acids is 1. The van der Waals surface area contributed by atoms with E-state index in [0.29, 0.717) is 12.2 Å². The predicted octanol–water partition coefficient (Wildman–Crippen LogP) is 4.07. The van der Waals surface area contributed by atoms with Crippen molar-refractivity contribution in [1.82, 2.24) is 10.3 Å². The summed E-state index contributed by atoms with van der Waals surface area (Å²) >= 11 is 1.54. The molecule has 6 heteroatoms. The van der Waals surface area contributed by atoms with Crippen LogP contribution >= 0.6 is 11.3 Å². The average Bonchev–Trinajstić information content (AvgIpc) is 3.32. The number of aromatic nitrogens is 1. The number of furan rings is 1. The SMILES string of the molecule is CC(CCc1ccco1)NC(=O)c1ccc(OCc2cscn2)cc1. The first-order valence-electron chi connectivity index (χ1n) is 8.14. The molecule has 0 spiro atoms. The molecule has 0 radical (unpaired) electrons. The maximum absolute atomic E-state index is 12.3. The highest BCUT2D eigenvalue weighted by Crippen LogP contribution is 2.15. The molecular formula is C19H20N2O3S. The largest absolute Gasteiger partial charge is 0.487 e. The zero-order valence-electron chi connectivity index (χ0n) is 14.0. The Balaban J connectivity index is 1.46. The van der Waals surface area contributed by atoms with E-state index in [1.807, 2.05) is 24.4 Å². The molecule has 0 aliphatic carbocycles. The minimum atomic E-state index is -0.0852. The summed E-state index contributed by atoms with van der Waals surface area (Å²) in [5.41, 5.74) is 3.29. The van der Waals surface area contributed by atoms with Crippen LogP contribution in [0, 0.1) is 0 Å². The topological polar surface area (TPSA) is 64.4 Å². The van der Waals surface area contributed by atoms with E-state index in [-0.39, 0.29) is 11.9 Å².